The molecule has 0 spiro atoms. The standard InChI is InChI=1S/C11H5F5O/c12-10(13)5-8(11(14,15)16)9(17)6-3-1-2-4-7(6)10/h1-5H. The lowest BCUT2D eigenvalue weighted by molar-refractivity contribution is -0.0923. The van der Waals surface area contributed by atoms with E-state index in [2.05, 4.69) is 0 Å². The Balaban J connectivity index is 2.66. The summed E-state index contributed by atoms with van der Waals surface area (Å²) in [5.41, 5.74) is -3.12. The maximum Gasteiger partial charge on any atom is 0.420 e. The van der Waals surface area contributed by atoms with Crippen molar-refractivity contribution in [2.75, 3.05) is 0 Å². The summed E-state index contributed by atoms with van der Waals surface area (Å²) in [6.07, 6.45) is -5.40. The van der Waals surface area contributed by atoms with Gasteiger partial charge in [0.25, 0.3) is 5.92 Å². The predicted molar refractivity (Wildman–Crippen MR) is 48.8 cm³/mol. The Morgan fingerprint density at radius 2 is 1.65 bits per heavy atom. The molecule has 1 aromatic carbocycles. The first-order valence-corrected chi connectivity index (χ1v) is 4.55. The molecule has 0 saturated carbocycles. The van der Waals surface area contributed by atoms with Crippen LogP contribution in [0.1, 0.15) is 15.9 Å². The van der Waals surface area contributed by atoms with Crippen LogP contribution in [0.3, 0.4) is 0 Å². The molecule has 0 saturated heterocycles. The summed E-state index contributed by atoms with van der Waals surface area (Å²) in [6.45, 7) is 0. The van der Waals surface area contributed by atoms with Gasteiger partial charge in [-0.3, -0.25) is 4.79 Å². The summed E-state index contributed by atoms with van der Waals surface area (Å²) in [7, 11) is 0. The summed E-state index contributed by atoms with van der Waals surface area (Å²) >= 11 is 0. The highest BCUT2D eigenvalue weighted by molar-refractivity contribution is 6.12. The Morgan fingerprint density at radius 3 is 2.24 bits per heavy atom. The van der Waals surface area contributed by atoms with E-state index in [0.29, 0.717) is 0 Å². The lowest BCUT2D eigenvalue weighted by Crippen LogP contribution is -2.30. The zero-order valence-corrected chi connectivity index (χ0v) is 8.18. The molecule has 0 amide bonds. The molecule has 0 aromatic heterocycles. The molecule has 0 N–H and O–H groups in total. The SMILES string of the molecule is O=C1C(C(F)(F)F)=CC(F)(F)c2ccccc21. The Kier molecular flexibility index (Phi) is 2.34. The number of hydrogen-bond donors (Lipinski definition) is 0. The Morgan fingerprint density at radius 1 is 1.06 bits per heavy atom. The van der Waals surface area contributed by atoms with Crippen molar-refractivity contribution in [3.05, 3.63) is 47.0 Å². The Labute approximate surface area is 92.5 Å². The third kappa shape index (κ3) is 1.83. The van der Waals surface area contributed by atoms with Gasteiger partial charge in [0.2, 0.25) is 0 Å². The van der Waals surface area contributed by atoms with Gasteiger partial charge in [-0.15, -0.1) is 0 Å². The van der Waals surface area contributed by atoms with Crippen molar-refractivity contribution in [1.29, 1.82) is 0 Å². The topological polar surface area (TPSA) is 17.1 Å². The number of fused-ring (bicyclic) bond motifs is 1. The largest absolute Gasteiger partial charge is 0.420 e. The molecule has 0 aliphatic heterocycles. The summed E-state index contributed by atoms with van der Waals surface area (Å²) in [5.74, 6) is -5.20. The van der Waals surface area contributed by atoms with E-state index in [-0.39, 0.29) is 6.08 Å². The Bertz CT molecular complexity index is 513. The van der Waals surface area contributed by atoms with Gasteiger partial charge >= 0.3 is 6.18 Å². The van der Waals surface area contributed by atoms with E-state index in [1.807, 2.05) is 0 Å². The molecular weight excluding hydrogens is 243 g/mol. The lowest BCUT2D eigenvalue weighted by Gasteiger charge is -2.24. The second-order valence-corrected chi connectivity index (χ2v) is 3.55. The summed E-state index contributed by atoms with van der Waals surface area (Å²) < 4.78 is 64.1. The number of hydrogen-bond acceptors (Lipinski definition) is 1. The van der Waals surface area contributed by atoms with Crippen LogP contribution in [0, 0.1) is 0 Å². The van der Waals surface area contributed by atoms with Crippen LogP contribution in [0.2, 0.25) is 0 Å². The molecular formula is C11H5F5O. The highest BCUT2D eigenvalue weighted by Crippen LogP contribution is 2.42. The van der Waals surface area contributed by atoms with Gasteiger partial charge in [0.05, 0.1) is 0 Å². The maximum atomic E-state index is 13.4. The van der Waals surface area contributed by atoms with E-state index >= 15 is 0 Å². The fraction of sp³-hybridized carbons (Fsp3) is 0.182. The normalized spacial score (nSPS) is 18.6. The van der Waals surface area contributed by atoms with Gasteiger partial charge in [-0.25, -0.2) is 0 Å². The van der Waals surface area contributed by atoms with Gasteiger partial charge in [-0.2, -0.15) is 22.0 Å². The van der Waals surface area contributed by atoms with E-state index in [0.717, 1.165) is 12.1 Å². The monoisotopic (exact) mass is 248 g/mol. The summed E-state index contributed by atoms with van der Waals surface area (Å²) in [6, 6.07) is 4.39. The fourth-order valence-corrected chi connectivity index (χ4v) is 1.65. The van der Waals surface area contributed by atoms with Crippen LogP contribution in [0.4, 0.5) is 22.0 Å². The maximum absolute atomic E-state index is 13.4. The zero-order valence-electron chi connectivity index (χ0n) is 8.18. The molecule has 1 aliphatic rings. The van der Waals surface area contributed by atoms with Crippen molar-refractivity contribution in [2.24, 2.45) is 0 Å². The Hall–Kier alpha value is -1.72. The van der Waals surface area contributed by atoms with Crippen LogP contribution in [-0.2, 0) is 5.92 Å². The van der Waals surface area contributed by atoms with E-state index < -0.39 is 34.6 Å². The third-order valence-electron chi connectivity index (χ3n) is 2.41. The van der Waals surface area contributed by atoms with Crippen molar-refractivity contribution in [3.63, 3.8) is 0 Å². The zero-order chi connectivity index (χ0) is 12.8. The second-order valence-electron chi connectivity index (χ2n) is 3.55. The van der Waals surface area contributed by atoms with E-state index in [1.54, 1.807) is 0 Å². The minimum absolute atomic E-state index is 0.322. The van der Waals surface area contributed by atoms with Crippen molar-refractivity contribution >= 4 is 5.78 Å². The number of benzene rings is 1. The minimum atomic E-state index is -5.08. The molecule has 0 bridgehead atoms. The first kappa shape index (κ1) is 11.8. The number of rotatable bonds is 0. The number of allylic oxidation sites excluding steroid dienone is 2. The molecule has 1 aliphatic carbocycles. The van der Waals surface area contributed by atoms with Crippen molar-refractivity contribution in [2.45, 2.75) is 12.1 Å². The lowest BCUT2D eigenvalue weighted by atomic mass is 9.88. The number of halogens is 5. The highest BCUT2D eigenvalue weighted by atomic mass is 19.4. The number of carbonyl (C=O) groups is 1. The number of Topliss-reactive ketones (excluding diaryl/α,β-unsaturated/α-hetero) is 1. The smallest absolute Gasteiger partial charge is 0.289 e. The van der Waals surface area contributed by atoms with Gasteiger partial charge in [0.15, 0.2) is 5.78 Å². The molecule has 0 heterocycles. The molecule has 0 atom stereocenters. The van der Waals surface area contributed by atoms with Crippen molar-refractivity contribution < 1.29 is 26.7 Å². The summed E-state index contributed by atoms with van der Waals surface area (Å²) in [4.78, 5) is 11.4. The van der Waals surface area contributed by atoms with Gasteiger partial charge in [0, 0.05) is 17.2 Å². The number of alkyl halides is 5. The molecule has 2 rings (SSSR count). The van der Waals surface area contributed by atoms with Crippen LogP contribution in [0.15, 0.2) is 35.9 Å². The second kappa shape index (κ2) is 3.38. The van der Waals surface area contributed by atoms with Crippen LogP contribution in [0.5, 0.6) is 0 Å². The third-order valence-corrected chi connectivity index (χ3v) is 2.41. The minimum Gasteiger partial charge on any atom is -0.289 e. The fourth-order valence-electron chi connectivity index (χ4n) is 1.65. The van der Waals surface area contributed by atoms with Gasteiger partial charge in [-0.05, 0) is 0 Å². The van der Waals surface area contributed by atoms with Gasteiger partial charge < -0.3 is 0 Å². The van der Waals surface area contributed by atoms with Crippen molar-refractivity contribution in [1.82, 2.24) is 0 Å². The molecule has 6 heteroatoms. The van der Waals surface area contributed by atoms with E-state index in [4.69, 9.17) is 0 Å². The molecule has 90 valence electrons. The van der Waals surface area contributed by atoms with Crippen LogP contribution >= 0.6 is 0 Å². The number of carbonyl (C=O) groups excluding carboxylic acids is 1. The molecule has 17 heavy (non-hydrogen) atoms. The van der Waals surface area contributed by atoms with E-state index in [1.165, 1.54) is 12.1 Å². The molecule has 0 unspecified atom stereocenters. The van der Waals surface area contributed by atoms with Crippen LogP contribution < -0.4 is 0 Å². The molecule has 0 radical (unpaired) electrons. The number of ketones is 1. The molecule has 1 nitrogen and oxygen atoms in total. The first-order chi connectivity index (χ1) is 7.73. The average Bonchev–Trinajstić information content (AvgIpc) is 2.22. The predicted octanol–water partition coefficient (Wildman–Crippen LogP) is 3.46. The molecule has 1 aromatic rings. The quantitative estimate of drug-likeness (QED) is 0.642. The average molecular weight is 248 g/mol. The van der Waals surface area contributed by atoms with Crippen molar-refractivity contribution in [3.8, 4) is 0 Å². The van der Waals surface area contributed by atoms with Gasteiger partial charge in [-0.1, -0.05) is 24.3 Å². The van der Waals surface area contributed by atoms with Gasteiger partial charge in [0.1, 0.15) is 5.57 Å². The summed E-state index contributed by atoms with van der Waals surface area (Å²) in [5, 5.41) is 0. The highest BCUT2D eigenvalue weighted by Gasteiger charge is 2.48. The van der Waals surface area contributed by atoms with E-state index in [9.17, 15) is 26.7 Å². The van der Waals surface area contributed by atoms with Crippen LogP contribution in [-0.4, -0.2) is 12.0 Å². The van der Waals surface area contributed by atoms with Crippen LogP contribution in [0.25, 0.3) is 0 Å². The molecule has 0 fully saturated rings. The first-order valence-electron chi connectivity index (χ1n) is 4.55.